The van der Waals surface area contributed by atoms with Gasteiger partial charge in [0, 0.05) is 12.2 Å². The quantitative estimate of drug-likeness (QED) is 0.267. The van der Waals surface area contributed by atoms with Crippen LogP contribution < -0.4 is 31.2 Å². The SMILES string of the molecule is COc1ccc([C@H](C(=O)NCc2ccccc2)N(C(=O)c2snc(C(N)=O)c2N)c2ccccc2C)cc1OC. The zero-order valence-electron chi connectivity index (χ0n) is 22.2. The lowest BCUT2D eigenvalue weighted by molar-refractivity contribution is -0.122. The molecule has 4 aromatic rings. The van der Waals surface area contributed by atoms with Crippen LogP contribution in [0.2, 0.25) is 0 Å². The number of para-hydroxylation sites is 1. The number of carbonyl (C=O) groups is 3. The van der Waals surface area contributed by atoms with E-state index in [4.69, 9.17) is 20.9 Å². The predicted molar refractivity (Wildman–Crippen MR) is 154 cm³/mol. The fourth-order valence-electron chi connectivity index (χ4n) is 4.26. The van der Waals surface area contributed by atoms with Crippen molar-refractivity contribution in [2.75, 3.05) is 24.9 Å². The molecule has 0 aliphatic rings. The molecule has 206 valence electrons. The van der Waals surface area contributed by atoms with Gasteiger partial charge in [0.1, 0.15) is 10.9 Å². The van der Waals surface area contributed by atoms with Crippen molar-refractivity contribution in [3.05, 3.63) is 100 Å². The number of methoxy groups -OCH3 is 2. The van der Waals surface area contributed by atoms with Gasteiger partial charge in [0.05, 0.1) is 19.9 Å². The largest absolute Gasteiger partial charge is 0.493 e. The van der Waals surface area contributed by atoms with E-state index in [-0.39, 0.29) is 22.8 Å². The van der Waals surface area contributed by atoms with Crippen LogP contribution in [-0.2, 0) is 11.3 Å². The molecule has 0 aliphatic heterocycles. The molecular weight excluding hydrogens is 530 g/mol. The number of hydrogen-bond donors (Lipinski definition) is 3. The third-order valence-corrected chi connectivity index (χ3v) is 7.14. The van der Waals surface area contributed by atoms with Gasteiger partial charge in [0.25, 0.3) is 11.8 Å². The molecule has 40 heavy (non-hydrogen) atoms. The minimum absolute atomic E-state index is 0.0154. The van der Waals surface area contributed by atoms with Gasteiger partial charge in [-0.1, -0.05) is 54.6 Å². The highest BCUT2D eigenvalue weighted by Gasteiger charge is 2.37. The molecular formula is C29H29N5O5S. The zero-order chi connectivity index (χ0) is 28.8. The van der Waals surface area contributed by atoms with Gasteiger partial charge in [-0.25, -0.2) is 0 Å². The van der Waals surface area contributed by atoms with Gasteiger partial charge in [-0.3, -0.25) is 19.3 Å². The van der Waals surface area contributed by atoms with Crippen molar-refractivity contribution < 1.29 is 23.9 Å². The number of aromatic nitrogens is 1. The number of nitrogens with one attached hydrogen (secondary N) is 1. The molecule has 4 rings (SSSR count). The lowest BCUT2D eigenvalue weighted by Crippen LogP contribution is -2.44. The van der Waals surface area contributed by atoms with Crippen molar-refractivity contribution in [2.45, 2.75) is 19.5 Å². The minimum Gasteiger partial charge on any atom is -0.493 e. The smallest absolute Gasteiger partial charge is 0.273 e. The van der Waals surface area contributed by atoms with Crippen LogP contribution in [0.25, 0.3) is 0 Å². The molecule has 1 aromatic heterocycles. The lowest BCUT2D eigenvalue weighted by atomic mass is 10.0. The van der Waals surface area contributed by atoms with E-state index in [0.29, 0.717) is 22.7 Å². The third kappa shape index (κ3) is 5.74. The minimum atomic E-state index is -1.17. The van der Waals surface area contributed by atoms with E-state index in [1.165, 1.54) is 19.1 Å². The number of benzene rings is 3. The van der Waals surface area contributed by atoms with Crippen molar-refractivity contribution >= 4 is 40.6 Å². The Morgan fingerprint density at radius 1 is 0.975 bits per heavy atom. The Kier molecular flexibility index (Phi) is 8.65. The number of primary amides is 1. The van der Waals surface area contributed by atoms with E-state index in [1.807, 2.05) is 49.4 Å². The van der Waals surface area contributed by atoms with Gasteiger partial charge in [0.2, 0.25) is 5.91 Å². The maximum Gasteiger partial charge on any atom is 0.273 e. The number of ether oxygens (including phenoxy) is 2. The van der Waals surface area contributed by atoms with Crippen molar-refractivity contribution in [3.63, 3.8) is 0 Å². The van der Waals surface area contributed by atoms with Crippen LogP contribution in [0.15, 0.2) is 72.8 Å². The predicted octanol–water partition coefficient (Wildman–Crippen LogP) is 3.85. The maximum absolute atomic E-state index is 14.3. The first-order valence-electron chi connectivity index (χ1n) is 12.2. The second kappa shape index (κ2) is 12.3. The number of anilines is 2. The monoisotopic (exact) mass is 559 g/mol. The van der Waals surface area contributed by atoms with Gasteiger partial charge in [-0.05, 0) is 53.3 Å². The molecule has 0 radical (unpaired) electrons. The topological polar surface area (TPSA) is 150 Å². The highest BCUT2D eigenvalue weighted by Crippen LogP contribution is 2.37. The summed E-state index contributed by atoms with van der Waals surface area (Å²) in [5, 5.41) is 2.96. The highest BCUT2D eigenvalue weighted by atomic mass is 32.1. The standard InChI is InChI=1S/C29H29N5O5S/c1-17-9-7-8-12-20(17)34(29(37)26-23(30)24(27(31)35)33-40-26)25(19-13-14-21(38-2)22(15-19)39-3)28(36)32-16-18-10-5-4-6-11-18/h4-15,25H,16,30H2,1-3H3,(H2,31,35)(H,32,36)/t25-/m1/s1. The molecule has 1 heterocycles. The van der Waals surface area contributed by atoms with Gasteiger partial charge in [-0.2, -0.15) is 4.37 Å². The number of amides is 3. The molecule has 0 spiro atoms. The fourth-order valence-corrected chi connectivity index (χ4v) is 5.00. The van der Waals surface area contributed by atoms with Gasteiger partial charge < -0.3 is 26.3 Å². The van der Waals surface area contributed by atoms with Crippen molar-refractivity contribution in [1.82, 2.24) is 9.69 Å². The molecule has 0 unspecified atom stereocenters. The average molecular weight is 560 g/mol. The Balaban J connectivity index is 1.89. The summed E-state index contributed by atoms with van der Waals surface area (Å²) in [6.07, 6.45) is 0. The Labute approximate surface area is 235 Å². The van der Waals surface area contributed by atoms with E-state index in [9.17, 15) is 14.4 Å². The first-order chi connectivity index (χ1) is 19.3. The number of carbonyl (C=O) groups excluding carboxylic acids is 3. The van der Waals surface area contributed by atoms with Crippen molar-refractivity contribution in [1.29, 1.82) is 0 Å². The molecule has 3 amide bonds. The molecule has 0 fully saturated rings. The molecule has 5 N–H and O–H groups in total. The molecule has 1 atom stereocenters. The number of rotatable bonds is 10. The number of aryl methyl sites for hydroxylation is 1. The van der Waals surface area contributed by atoms with Crippen molar-refractivity contribution in [2.24, 2.45) is 5.73 Å². The number of nitrogens with zero attached hydrogens (tertiary/aromatic N) is 2. The molecule has 0 bridgehead atoms. The summed E-state index contributed by atoms with van der Waals surface area (Å²) in [4.78, 5) is 41.5. The summed E-state index contributed by atoms with van der Waals surface area (Å²) < 4.78 is 14.9. The average Bonchev–Trinajstić information content (AvgIpc) is 3.36. The van der Waals surface area contributed by atoms with E-state index < -0.39 is 23.8 Å². The zero-order valence-corrected chi connectivity index (χ0v) is 23.0. The van der Waals surface area contributed by atoms with Gasteiger partial charge >= 0.3 is 0 Å². The molecule has 3 aromatic carbocycles. The summed E-state index contributed by atoms with van der Waals surface area (Å²) in [6, 6.07) is 20.4. The highest BCUT2D eigenvalue weighted by molar-refractivity contribution is 7.09. The normalized spacial score (nSPS) is 11.4. The van der Waals surface area contributed by atoms with Crippen LogP contribution in [0.3, 0.4) is 0 Å². The molecule has 11 heteroatoms. The van der Waals surface area contributed by atoms with Crippen LogP contribution >= 0.6 is 11.5 Å². The Bertz CT molecular complexity index is 1540. The van der Waals surface area contributed by atoms with E-state index in [1.54, 1.807) is 30.3 Å². The Morgan fingerprint density at radius 3 is 2.27 bits per heavy atom. The van der Waals surface area contributed by atoms with Crippen molar-refractivity contribution in [3.8, 4) is 11.5 Å². The summed E-state index contributed by atoms with van der Waals surface area (Å²) >= 11 is 0.746. The second-order valence-corrected chi connectivity index (χ2v) is 9.59. The first-order valence-corrected chi connectivity index (χ1v) is 13.0. The van der Waals surface area contributed by atoms with Gasteiger partial charge in [-0.15, -0.1) is 0 Å². The maximum atomic E-state index is 14.3. The number of hydrogen-bond acceptors (Lipinski definition) is 8. The molecule has 10 nitrogen and oxygen atoms in total. The molecule has 0 saturated heterocycles. The molecule has 0 saturated carbocycles. The summed E-state index contributed by atoms with van der Waals surface area (Å²) in [5.74, 6) is -1.09. The van der Waals surface area contributed by atoms with E-state index in [2.05, 4.69) is 9.69 Å². The first kappa shape index (κ1) is 28.1. The molecule has 0 aliphatic carbocycles. The summed E-state index contributed by atoms with van der Waals surface area (Å²) in [5.41, 5.74) is 13.8. The van der Waals surface area contributed by atoms with Gasteiger partial charge in [0.15, 0.2) is 17.2 Å². The lowest BCUT2D eigenvalue weighted by Gasteiger charge is -2.32. The Hall–Kier alpha value is -4.90. The van der Waals surface area contributed by atoms with Crippen LogP contribution in [0.5, 0.6) is 11.5 Å². The van der Waals surface area contributed by atoms with E-state index in [0.717, 1.165) is 22.7 Å². The van der Waals surface area contributed by atoms with Crippen LogP contribution in [0.4, 0.5) is 11.4 Å². The van der Waals surface area contributed by atoms with Crippen LogP contribution in [-0.4, -0.2) is 36.3 Å². The third-order valence-electron chi connectivity index (χ3n) is 6.29. The second-order valence-electron chi connectivity index (χ2n) is 8.82. The van der Waals surface area contributed by atoms with E-state index >= 15 is 0 Å². The summed E-state index contributed by atoms with van der Waals surface area (Å²) in [7, 11) is 2.99. The number of nitrogen functional groups attached to an aromatic ring is 1. The van der Waals surface area contributed by atoms with Crippen LogP contribution in [0, 0.1) is 6.92 Å². The van der Waals surface area contributed by atoms with Crippen LogP contribution in [0.1, 0.15) is 42.9 Å². The summed E-state index contributed by atoms with van der Waals surface area (Å²) in [6.45, 7) is 2.06. The Morgan fingerprint density at radius 2 is 1.65 bits per heavy atom. The fraction of sp³-hybridized carbons (Fsp3) is 0.172. The number of nitrogens with two attached hydrogens (primary N) is 2.